The quantitative estimate of drug-likeness (QED) is 0.261. The average Bonchev–Trinajstić information content (AvgIpc) is 2.84. The van der Waals surface area contributed by atoms with Gasteiger partial charge in [0.15, 0.2) is 11.5 Å². The number of hydrazone groups is 1. The zero-order valence-electron chi connectivity index (χ0n) is 17.3. The molecule has 0 bridgehead atoms. The van der Waals surface area contributed by atoms with Gasteiger partial charge in [-0.15, -0.1) is 0 Å². The van der Waals surface area contributed by atoms with Crippen molar-refractivity contribution in [3.05, 3.63) is 109 Å². The summed E-state index contributed by atoms with van der Waals surface area (Å²) in [5.74, 6) is 1.72. The van der Waals surface area contributed by atoms with Crippen molar-refractivity contribution in [1.29, 1.82) is 0 Å². The summed E-state index contributed by atoms with van der Waals surface area (Å²) in [6, 6.07) is 34.7. The van der Waals surface area contributed by atoms with E-state index in [0.29, 0.717) is 0 Å². The molecule has 152 valence electrons. The summed E-state index contributed by atoms with van der Waals surface area (Å²) in [5, 5.41) is 6.74. The second kappa shape index (κ2) is 8.36. The van der Waals surface area contributed by atoms with E-state index in [2.05, 4.69) is 54.3 Å². The maximum atomic E-state index is 6.21. The van der Waals surface area contributed by atoms with Crippen molar-refractivity contribution in [2.45, 2.75) is 6.92 Å². The average molecular weight is 406 g/mol. The first kappa shape index (κ1) is 18.9. The van der Waals surface area contributed by atoms with Crippen LogP contribution >= 0.6 is 0 Å². The smallest absolute Gasteiger partial charge is 0.151 e. The molecule has 0 fully saturated rings. The number of hydrogen-bond acceptors (Lipinski definition) is 4. The third-order valence-electron chi connectivity index (χ3n) is 5.29. The lowest BCUT2D eigenvalue weighted by Crippen LogP contribution is -2.20. The predicted octanol–water partition coefficient (Wildman–Crippen LogP) is 7.12. The number of hydrogen-bond donors (Lipinski definition) is 0. The largest absolute Gasteiger partial charge is 0.453 e. The molecule has 0 spiro atoms. The molecule has 1 aliphatic rings. The first-order valence-corrected chi connectivity index (χ1v) is 10.5. The van der Waals surface area contributed by atoms with Crippen LogP contribution in [0.1, 0.15) is 12.5 Å². The van der Waals surface area contributed by atoms with Crippen LogP contribution in [0.25, 0.3) is 0 Å². The second-order valence-corrected chi connectivity index (χ2v) is 7.27. The van der Waals surface area contributed by atoms with Crippen LogP contribution in [0.2, 0.25) is 0 Å². The molecular formula is C27H23N3O. The van der Waals surface area contributed by atoms with Crippen LogP contribution in [0, 0.1) is 0 Å². The molecule has 0 amide bonds. The first-order valence-electron chi connectivity index (χ1n) is 10.5. The van der Waals surface area contributed by atoms with E-state index in [1.54, 1.807) is 0 Å². The van der Waals surface area contributed by atoms with Gasteiger partial charge in [-0.05, 0) is 61.0 Å². The van der Waals surface area contributed by atoms with Gasteiger partial charge in [-0.1, -0.05) is 54.6 Å². The van der Waals surface area contributed by atoms with Crippen LogP contribution in [0.15, 0.2) is 108 Å². The topological polar surface area (TPSA) is 28.1 Å². The van der Waals surface area contributed by atoms with E-state index in [4.69, 9.17) is 9.84 Å². The lowest BCUT2D eigenvalue weighted by Gasteiger charge is -2.32. The summed E-state index contributed by atoms with van der Waals surface area (Å²) in [7, 11) is 0. The Morgan fingerprint density at radius 2 is 1.35 bits per heavy atom. The van der Waals surface area contributed by atoms with Gasteiger partial charge in [0.05, 0.1) is 29.0 Å². The minimum absolute atomic E-state index is 0.843. The molecule has 4 aromatic carbocycles. The van der Waals surface area contributed by atoms with E-state index in [9.17, 15) is 0 Å². The SMILES string of the molecule is CCN1c2ccccc2Oc2cc(C=NN(c3ccccc3)c3ccccc3)ccc21. The Labute approximate surface area is 182 Å². The molecule has 1 aliphatic heterocycles. The fourth-order valence-corrected chi connectivity index (χ4v) is 3.82. The van der Waals surface area contributed by atoms with Crippen molar-refractivity contribution in [3.63, 3.8) is 0 Å². The number of anilines is 4. The van der Waals surface area contributed by atoms with Gasteiger partial charge in [0.2, 0.25) is 0 Å². The van der Waals surface area contributed by atoms with Gasteiger partial charge >= 0.3 is 0 Å². The minimum Gasteiger partial charge on any atom is -0.453 e. The van der Waals surface area contributed by atoms with Crippen molar-refractivity contribution in [2.75, 3.05) is 16.5 Å². The van der Waals surface area contributed by atoms with Crippen molar-refractivity contribution in [3.8, 4) is 11.5 Å². The lowest BCUT2D eigenvalue weighted by molar-refractivity contribution is 0.473. The molecular weight excluding hydrogens is 382 g/mol. The fraction of sp³-hybridized carbons (Fsp3) is 0.0741. The summed E-state index contributed by atoms with van der Waals surface area (Å²) >= 11 is 0. The summed E-state index contributed by atoms with van der Waals surface area (Å²) in [6.07, 6.45) is 1.88. The molecule has 1 heterocycles. The third-order valence-corrected chi connectivity index (χ3v) is 5.29. The molecule has 4 aromatic rings. The van der Waals surface area contributed by atoms with E-state index >= 15 is 0 Å². The molecule has 4 nitrogen and oxygen atoms in total. The molecule has 5 rings (SSSR count). The summed E-state index contributed by atoms with van der Waals surface area (Å²) < 4.78 is 6.21. The van der Waals surface area contributed by atoms with Crippen LogP contribution in [0.4, 0.5) is 22.7 Å². The summed E-state index contributed by atoms with van der Waals surface area (Å²) in [4.78, 5) is 2.27. The number of nitrogens with zero attached hydrogens (tertiary/aromatic N) is 3. The van der Waals surface area contributed by atoms with Gasteiger partial charge in [0.1, 0.15) is 0 Å². The molecule has 4 heteroatoms. The molecule has 0 N–H and O–H groups in total. The van der Waals surface area contributed by atoms with Gasteiger partial charge < -0.3 is 9.64 Å². The van der Waals surface area contributed by atoms with Crippen molar-refractivity contribution in [1.82, 2.24) is 0 Å². The van der Waals surface area contributed by atoms with Crippen LogP contribution in [-0.2, 0) is 0 Å². The summed E-state index contributed by atoms with van der Waals surface area (Å²) in [5.41, 5.74) is 5.15. The number of rotatable bonds is 5. The highest BCUT2D eigenvalue weighted by molar-refractivity contribution is 5.86. The molecule has 0 aromatic heterocycles. The number of para-hydroxylation sites is 4. The highest BCUT2D eigenvalue weighted by Crippen LogP contribution is 2.46. The minimum atomic E-state index is 0.843. The van der Waals surface area contributed by atoms with Crippen LogP contribution in [0.5, 0.6) is 11.5 Å². The molecule has 0 unspecified atom stereocenters. The summed E-state index contributed by atoms with van der Waals surface area (Å²) in [6.45, 7) is 3.02. The van der Waals surface area contributed by atoms with Gasteiger partial charge in [-0.3, -0.25) is 0 Å². The Hall–Kier alpha value is -4.05. The van der Waals surface area contributed by atoms with Gasteiger partial charge in [0, 0.05) is 6.54 Å². The Morgan fingerprint density at radius 1 is 0.742 bits per heavy atom. The second-order valence-electron chi connectivity index (χ2n) is 7.27. The normalized spacial score (nSPS) is 12.2. The van der Waals surface area contributed by atoms with Crippen LogP contribution < -0.4 is 14.6 Å². The molecule has 0 radical (unpaired) electrons. The Balaban J connectivity index is 1.49. The van der Waals surface area contributed by atoms with Crippen LogP contribution in [0.3, 0.4) is 0 Å². The molecule has 0 saturated heterocycles. The zero-order valence-corrected chi connectivity index (χ0v) is 17.3. The maximum Gasteiger partial charge on any atom is 0.151 e. The van der Waals surface area contributed by atoms with E-state index in [0.717, 1.165) is 46.4 Å². The van der Waals surface area contributed by atoms with E-state index < -0.39 is 0 Å². The zero-order chi connectivity index (χ0) is 21.0. The maximum absolute atomic E-state index is 6.21. The van der Waals surface area contributed by atoms with Crippen molar-refractivity contribution >= 4 is 29.0 Å². The molecule has 31 heavy (non-hydrogen) atoms. The van der Waals surface area contributed by atoms with Gasteiger partial charge in [-0.25, -0.2) is 5.01 Å². The first-order chi connectivity index (χ1) is 15.3. The third kappa shape index (κ3) is 3.76. The molecule has 0 saturated carbocycles. The Morgan fingerprint density at radius 3 is 2.03 bits per heavy atom. The highest BCUT2D eigenvalue weighted by atomic mass is 16.5. The number of fused-ring (bicyclic) bond motifs is 2. The molecule has 0 atom stereocenters. The Bertz CT molecular complexity index is 1170. The van der Waals surface area contributed by atoms with E-state index in [1.807, 2.05) is 71.9 Å². The monoisotopic (exact) mass is 405 g/mol. The van der Waals surface area contributed by atoms with Crippen molar-refractivity contribution in [2.24, 2.45) is 5.10 Å². The number of benzene rings is 4. The highest BCUT2D eigenvalue weighted by Gasteiger charge is 2.22. The van der Waals surface area contributed by atoms with Gasteiger partial charge in [0.25, 0.3) is 0 Å². The Kier molecular flexibility index (Phi) is 5.11. The van der Waals surface area contributed by atoms with Gasteiger partial charge in [-0.2, -0.15) is 5.10 Å². The standard InChI is InChI=1S/C27H23N3O/c1-2-29-24-15-9-10-16-26(24)31-27-19-21(17-18-25(27)29)20-28-30(22-11-5-3-6-12-22)23-13-7-4-8-14-23/h3-20H,2H2,1H3. The molecule has 0 aliphatic carbocycles. The lowest BCUT2D eigenvalue weighted by atomic mass is 10.1. The predicted molar refractivity (Wildman–Crippen MR) is 128 cm³/mol. The van der Waals surface area contributed by atoms with Crippen molar-refractivity contribution < 1.29 is 4.74 Å². The van der Waals surface area contributed by atoms with Crippen LogP contribution in [-0.4, -0.2) is 12.8 Å². The van der Waals surface area contributed by atoms with E-state index in [1.165, 1.54) is 0 Å². The van der Waals surface area contributed by atoms with E-state index in [-0.39, 0.29) is 0 Å². The number of ether oxygens (including phenoxy) is 1. The fourth-order valence-electron chi connectivity index (χ4n) is 3.82.